The van der Waals surface area contributed by atoms with Gasteiger partial charge in [0.15, 0.2) is 17.1 Å². The van der Waals surface area contributed by atoms with Gasteiger partial charge in [-0.2, -0.15) is 0 Å². The normalized spacial score (nSPS) is 10.7. The Morgan fingerprint density at radius 1 is 1.25 bits per heavy atom. The molecule has 0 aliphatic rings. The number of nitro benzene ring substituents is 1. The summed E-state index contributed by atoms with van der Waals surface area (Å²) in [6.45, 7) is 0.313. The number of nitrogens with zero attached hydrogens (tertiary/aromatic N) is 4. The molecule has 0 radical (unpaired) electrons. The molecule has 9 heteroatoms. The number of benzene rings is 1. The Hall–Kier alpha value is -3.36. The number of non-ortho nitro benzene ring substituents is 1. The molecule has 0 atom stereocenters. The summed E-state index contributed by atoms with van der Waals surface area (Å²) in [4.78, 5) is 22.5. The maximum Gasteiger partial charge on any atom is 0.350 e. The fourth-order valence-electron chi connectivity index (χ4n) is 2.25. The highest BCUT2D eigenvalue weighted by Gasteiger charge is 2.13. The van der Waals surface area contributed by atoms with E-state index in [0.717, 1.165) is 0 Å². The maximum absolute atomic E-state index is 12.1. The van der Waals surface area contributed by atoms with Crippen LogP contribution in [-0.2, 0) is 6.54 Å². The van der Waals surface area contributed by atoms with Gasteiger partial charge in [-0.1, -0.05) is 6.07 Å². The number of aromatic nitrogens is 3. The van der Waals surface area contributed by atoms with E-state index >= 15 is 0 Å². The Kier molecular flexibility index (Phi) is 4.15. The van der Waals surface area contributed by atoms with Crippen molar-refractivity contribution in [3.8, 4) is 11.5 Å². The van der Waals surface area contributed by atoms with Crippen LogP contribution in [-0.4, -0.2) is 32.8 Å². The van der Waals surface area contributed by atoms with Gasteiger partial charge in [0.25, 0.3) is 5.69 Å². The van der Waals surface area contributed by atoms with E-state index in [0.29, 0.717) is 11.4 Å². The van der Waals surface area contributed by atoms with E-state index in [1.807, 2.05) is 0 Å². The minimum absolute atomic E-state index is 0.101. The summed E-state index contributed by atoms with van der Waals surface area (Å²) >= 11 is 0. The second-order valence-electron chi connectivity index (χ2n) is 4.88. The lowest BCUT2D eigenvalue weighted by Gasteiger charge is -2.10. The van der Waals surface area contributed by atoms with Crippen molar-refractivity contribution in [2.75, 3.05) is 13.7 Å². The molecule has 3 rings (SSSR count). The van der Waals surface area contributed by atoms with E-state index in [-0.39, 0.29) is 30.3 Å². The van der Waals surface area contributed by atoms with Crippen molar-refractivity contribution in [3.63, 3.8) is 0 Å². The number of ether oxygens (including phenoxy) is 2. The standard InChI is InChI=1S/C15H14N4O5/c1-23-12-6-5-11(19(21)22)10-13(12)24-9-8-18-15(20)17-7-3-2-4-14(17)16-18/h2-7,10H,8-9H2,1H3. The molecule has 3 aromatic rings. The fraction of sp³-hybridized carbons (Fsp3) is 0.200. The van der Waals surface area contributed by atoms with Crippen molar-refractivity contribution in [3.05, 3.63) is 63.2 Å². The van der Waals surface area contributed by atoms with E-state index in [1.165, 1.54) is 34.4 Å². The van der Waals surface area contributed by atoms with Gasteiger partial charge in [0, 0.05) is 12.3 Å². The highest BCUT2D eigenvalue weighted by Crippen LogP contribution is 2.31. The molecular formula is C15H14N4O5. The minimum atomic E-state index is -0.515. The molecule has 0 aliphatic heterocycles. The highest BCUT2D eigenvalue weighted by molar-refractivity contribution is 5.48. The summed E-state index contributed by atoms with van der Waals surface area (Å²) in [5.74, 6) is 0.617. The lowest BCUT2D eigenvalue weighted by atomic mass is 10.3. The van der Waals surface area contributed by atoms with Crippen LogP contribution in [0.1, 0.15) is 0 Å². The zero-order chi connectivity index (χ0) is 17.1. The number of hydrogen-bond donors (Lipinski definition) is 0. The van der Waals surface area contributed by atoms with Gasteiger partial charge in [0.1, 0.15) is 6.61 Å². The smallest absolute Gasteiger partial charge is 0.350 e. The molecule has 2 heterocycles. The molecule has 0 unspecified atom stereocenters. The minimum Gasteiger partial charge on any atom is -0.493 e. The molecule has 9 nitrogen and oxygen atoms in total. The number of rotatable bonds is 6. The highest BCUT2D eigenvalue weighted by atomic mass is 16.6. The monoisotopic (exact) mass is 330 g/mol. The molecule has 0 saturated carbocycles. The third-order valence-corrected chi connectivity index (χ3v) is 3.41. The van der Waals surface area contributed by atoms with Gasteiger partial charge in [-0.15, -0.1) is 5.10 Å². The summed E-state index contributed by atoms with van der Waals surface area (Å²) in [6, 6.07) is 9.33. The zero-order valence-electron chi connectivity index (χ0n) is 12.8. The Morgan fingerprint density at radius 3 is 2.79 bits per heavy atom. The lowest BCUT2D eigenvalue weighted by molar-refractivity contribution is -0.385. The Balaban J connectivity index is 1.76. The predicted octanol–water partition coefficient (Wildman–Crippen LogP) is 1.49. The van der Waals surface area contributed by atoms with Gasteiger partial charge in [0.2, 0.25) is 0 Å². The first-order valence-corrected chi connectivity index (χ1v) is 7.09. The molecular weight excluding hydrogens is 316 g/mol. The molecule has 1 aromatic carbocycles. The molecule has 124 valence electrons. The molecule has 0 fully saturated rings. The SMILES string of the molecule is COc1ccc([N+](=O)[O-])cc1OCCn1nc2ccccn2c1=O. The van der Waals surface area contributed by atoms with Crippen molar-refractivity contribution < 1.29 is 14.4 Å². The van der Waals surface area contributed by atoms with Crippen LogP contribution < -0.4 is 15.2 Å². The first-order valence-electron chi connectivity index (χ1n) is 7.09. The van der Waals surface area contributed by atoms with Gasteiger partial charge in [-0.05, 0) is 18.2 Å². The third-order valence-electron chi connectivity index (χ3n) is 3.41. The van der Waals surface area contributed by atoms with Crippen molar-refractivity contribution in [2.45, 2.75) is 6.54 Å². The first-order chi connectivity index (χ1) is 11.6. The van der Waals surface area contributed by atoms with Crippen molar-refractivity contribution in [2.24, 2.45) is 0 Å². The van der Waals surface area contributed by atoms with E-state index in [2.05, 4.69) is 5.10 Å². The van der Waals surface area contributed by atoms with Crippen LogP contribution in [0.25, 0.3) is 5.65 Å². The van der Waals surface area contributed by atoms with E-state index < -0.39 is 4.92 Å². The van der Waals surface area contributed by atoms with Crippen LogP contribution in [0.15, 0.2) is 47.4 Å². The van der Waals surface area contributed by atoms with Crippen molar-refractivity contribution >= 4 is 11.3 Å². The fourth-order valence-corrected chi connectivity index (χ4v) is 2.25. The van der Waals surface area contributed by atoms with Crippen LogP contribution in [0, 0.1) is 10.1 Å². The second-order valence-corrected chi connectivity index (χ2v) is 4.88. The summed E-state index contributed by atoms with van der Waals surface area (Å²) in [6.07, 6.45) is 1.63. The number of pyridine rings is 1. The summed E-state index contributed by atoms with van der Waals surface area (Å²) in [7, 11) is 1.45. The Bertz CT molecular complexity index is 946. The van der Waals surface area contributed by atoms with Gasteiger partial charge < -0.3 is 9.47 Å². The van der Waals surface area contributed by atoms with Crippen LogP contribution >= 0.6 is 0 Å². The molecule has 0 aliphatic carbocycles. The van der Waals surface area contributed by atoms with E-state index in [1.54, 1.807) is 24.4 Å². The van der Waals surface area contributed by atoms with Crippen LogP contribution in [0.5, 0.6) is 11.5 Å². The van der Waals surface area contributed by atoms with Gasteiger partial charge in [0.05, 0.1) is 24.6 Å². The molecule has 0 spiro atoms. The summed E-state index contributed by atoms with van der Waals surface area (Å²) in [5, 5.41) is 15.0. The zero-order valence-corrected chi connectivity index (χ0v) is 12.8. The number of hydrogen-bond acceptors (Lipinski definition) is 6. The average Bonchev–Trinajstić information content (AvgIpc) is 2.91. The van der Waals surface area contributed by atoms with E-state index in [9.17, 15) is 14.9 Å². The number of nitro groups is 1. The van der Waals surface area contributed by atoms with Crippen molar-refractivity contribution in [1.82, 2.24) is 14.2 Å². The quantitative estimate of drug-likeness (QED) is 0.501. The summed E-state index contributed by atoms with van der Waals surface area (Å²) in [5.41, 5.74) is 0.159. The predicted molar refractivity (Wildman–Crippen MR) is 84.6 cm³/mol. The number of fused-ring (bicyclic) bond motifs is 1. The van der Waals surface area contributed by atoms with Crippen molar-refractivity contribution in [1.29, 1.82) is 0 Å². The lowest BCUT2D eigenvalue weighted by Crippen LogP contribution is -2.23. The van der Waals surface area contributed by atoms with E-state index in [4.69, 9.17) is 9.47 Å². The van der Waals surface area contributed by atoms with Gasteiger partial charge in [-0.3, -0.25) is 14.5 Å². The molecule has 24 heavy (non-hydrogen) atoms. The summed E-state index contributed by atoms with van der Waals surface area (Å²) < 4.78 is 13.4. The average molecular weight is 330 g/mol. The van der Waals surface area contributed by atoms with Gasteiger partial charge >= 0.3 is 5.69 Å². The van der Waals surface area contributed by atoms with Gasteiger partial charge in [-0.25, -0.2) is 9.48 Å². The Morgan fingerprint density at radius 2 is 2.08 bits per heavy atom. The third kappa shape index (κ3) is 2.91. The largest absolute Gasteiger partial charge is 0.493 e. The molecule has 0 N–H and O–H groups in total. The van der Waals surface area contributed by atoms with Crippen LogP contribution in [0.4, 0.5) is 5.69 Å². The number of methoxy groups -OCH3 is 1. The molecule has 0 bridgehead atoms. The second kappa shape index (κ2) is 6.41. The molecule has 0 amide bonds. The van der Waals surface area contributed by atoms with Crippen LogP contribution in [0.2, 0.25) is 0 Å². The maximum atomic E-state index is 12.1. The first kappa shape index (κ1) is 15.5. The Labute approximate surface area is 135 Å². The molecule has 0 saturated heterocycles. The molecule has 2 aromatic heterocycles. The topological polar surface area (TPSA) is 101 Å². The van der Waals surface area contributed by atoms with Crippen LogP contribution in [0.3, 0.4) is 0 Å².